The second-order valence-electron chi connectivity index (χ2n) is 8.54. The predicted molar refractivity (Wildman–Crippen MR) is 138 cm³/mol. The first kappa shape index (κ1) is 23.3. The molecular weight excluding hydrogens is 454 g/mol. The topological polar surface area (TPSA) is 74.7 Å². The van der Waals surface area contributed by atoms with Gasteiger partial charge in [-0.05, 0) is 71.5 Å². The van der Waals surface area contributed by atoms with Crippen molar-refractivity contribution in [2.24, 2.45) is 0 Å². The molecule has 0 N–H and O–H groups in total. The van der Waals surface area contributed by atoms with Crippen LogP contribution < -0.4 is 4.74 Å². The molecule has 0 fully saturated rings. The first-order valence-electron chi connectivity index (χ1n) is 11.7. The summed E-state index contributed by atoms with van der Waals surface area (Å²) >= 11 is 0. The summed E-state index contributed by atoms with van der Waals surface area (Å²) in [4.78, 5) is 30.0. The summed E-state index contributed by atoms with van der Waals surface area (Å²) in [6.45, 7) is 0.0975. The van der Waals surface area contributed by atoms with E-state index in [2.05, 4.69) is 6.08 Å². The summed E-state index contributed by atoms with van der Waals surface area (Å²) in [5, 5.41) is 0.785. The monoisotopic (exact) mass is 479 g/mol. The van der Waals surface area contributed by atoms with Gasteiger partial charge in [0.25, 0.3) is 0 Å². The van der Waals surface area contributed by atoms with Gasteiger partial charge in [0.2, 0.25) is 0 Å². The number of methoxy groups -OCH3 is 2. The standard InChI is InChI=1S/C30H25NO5/c1-34-23-14-9-19(10-15-23)17-22-13-16-25-27(24-5-3-4-6-26(24)31-28(22)25)30(33)36-18-20-7-11-21(12-8-20)29(32)35-2/h3-12,14-15,17H,13,16,18H2,1-2H3. The van der Waals surface area contributed by atoms with Crippen LogP contribution in [0.3, 0.4) is 0 Å². The molecule has 6 nitrogen and oxygen atoms in total. The highest BCUT2D eigenvalue weighted by Gasteiger charge is 2.27. The lowest BCUT2D eigenvalue weighted by Crippen LogP contribution is -2.10. The molecule has 1 aliphatic rings. The number of pyridine rings is 1. The Balaban J connectivity index is 1.45. The van der Waals surface area contributed by atoms with E-state index in [9.17, 15) is 9.59 Å². The maximum Gasteiger partial charge on any atom is 0.339 e. The van der Waals surface area contributed by atoms with Crippen LogP contribution in [-0.4, -0.2) is 31.1 Å². The van der Waals surface area contributed by atoms with Crippen LogP contribution in [0.1, 0.15) is 49.5 Å². The normalized spacial score (nSPS) is 13.4. The van der Waals surface area contributed by atoms with Gasteiger partial charge in [-0.3, -0.25) is 0 Å². The third kappa shape index (κ3) is 4.58. The van der Waals surface area contributed by atoms with Gasteiger partial charge in [-0.25, -0.2) is 14.6 Å². The van der Waals surface area contributed by atoms with Gasteiger partial charge in [-0.2, -0.15) is 0 Å². The SMILES string of the molecule is COC(=O)c1ccc(COC(=O)c2c3c(nc4ccccc24)C(=Cc2ccc(OC)cc2)CC3)cc1. The molecule has 1 aromatic heterocycles. The molecule has 0 saturated heterocycles. The Bertz CT molecular complexity index is 1470. The molecule has 5 rings (SSSR count). The first-order valence-corrected chi connectivity index (χ1v) is 11.7. The number of carbonyl (C=O) groups excluding carboxylic acids is 2. The van der Waals surface area contributed by atoms with E-state index in [4.69, 9.17) is 19.2 Å². The van der Waals surface area contributed by atoms with Crippen molar-refractivity contribution < 1.29 is 23.8 Å². The van der Waals surface area contributed by atoms with Crippen molar-refractivity contribution in [2.45, 2.75) is 19.4 Å². The molecule has 0 saturated carbocycles. The third-order valence-electron chi connectivity index (χ3n) is 6.35. The van der Waals surface area contributed by atoms with Gasteiger partial charge in [0.15, 0.2) is 0 Å². The Kier molecular flexibility index (Phi) is 6.50. The van der Waals surface area contributed by atoms with Crippen LogP contribution in [0.25, 0.3) is 22.6 Å². The average molecular weight is 480 g/mol. The van der Waals surface area contributed by atoms with E-state index in [1.807, 2.05) is 48.5 Å². The van der Waals surface area contributed by atoms with E-state index in [0.29, 0.717) is 17.5 Å². The van der Waals surface area contributed by atoms with Gasteiger partial charge in [-0.15, -0.1) is 0 Å². The van der Waals surface area contributed by atoms with Crippen molar-refractivity contribution in [2.75, 3.05) is 14.2 Å². The van der Waals surface area contributed by atoms with Crippen molar-refractivity contribution in [3.8, 4) is 5.75 Å². The molecule has 0 atom stereocenters. The number of esters is 2. The minimum absolute atomic E-state index is 0.0975. The second kappa shape index (κ2) is 10.0. The molecule has 1 aliphatic carbocycles. The van der Waals surface area contributed by atoms with Crippen LogP contribution in [0.15, 0.2) is 72.8 Å². The Labute approximate surface area is 209 Å². The molecule has 6 heteroatoms. The van der Waals surface area contributed by atoms with Crippen LogP contribution in [0.2, 0.25) is 0 Å². The second-order valence-corrected chi connectivity index (χ2v) is 8.54. The van der Waals surface area contributed by atoms with Crippen LogP contribution in [0.4, 0.5) is 0 Å². The number of rotatable bonds is 6. The predicted octanol–water partition coefficient (Wildman–Crippen LogP) is 5.87. The largest absolute Gasteiger partial charge is 0.497 e. The highest BCUT2D eigenvalue weighted by molar-refractivity contribution is 6.07. The molecule has 0 spiro atoms. The minimum atomic E-state index is -0.407. The van der Waals surface area contributed by atoms with Crippen molar-refractivity contribution in [1.29, 1.82) is 0 Å². The minimum Gasteiger partial charge on any atom is -0.497 e. The molecule has 3 aromatic carbocycles. The van der Waals surface area contributed by atoms with Gasteiger partial charge in [0.05, 0.1) is 36.6 Å². The first-order chi connectivity index (χ1) is 17.6. The van der Waals surface area contributed by atoms with Crippen molar-refractivity contribution in [3.05, 3.63) is 106 Å². The molecular formula is C30H25NO5. The molecule has 1 heterocycles. The summed E-state index contributed by atoms with van der Waals surface area (Å²) in [6.07, 6.45) is 3.62. The van der Waals surface area contributed by atoms with Crippen molar-refractivity contribution in [1.82, 2.24) is 4.98 Å². The number of fused-ring (bicyclic) bond motifs is 2. The van der Waals surface area contributed by atoms with E-state index >= 15 is 0 Å². The molecule has 4 aromatic rings. The lowest BCUT2D eigenvalue weighted by molar-refractivity contribution is 0.0472. The highest BCUT2D eigenvalue weighted by Crippen LogP contribution is 2.38. The van der Waals surface area contributed by atoms with E-state index in [1.165, 1.54) is 7.11 Å². The fraction of sp³-hybridized carbons (Fsp3) is 0.167. The van der Waals surface area contributed by atoms with Gasteiger partial charge in [0, 0.05) is 5.39 Å². The number of hydrogen-bond donors (Lipinski definition) is 0. The summed E-state index contributed by atoms with van der Waals surface area (Å²) < 4.78 is 15.7. The van der Waals surface area contributed by atoms with Crippen LogP contribution in [0, 0.1) is 0 Å². The van der Waals surface area contributed by atoms with E-state index in [0.717, 1.165) is 51.0 Å². The van der Waals surface area contributed by atoms with E-state index in [1.54, 1.807) is 31.4 Å². The highest BCUT2D eigenvalue weighted by atomic mass is 16.5. The lowest BCUT2D eigenvalue weighted by Gasteiger charge is -2.13. The lowest BCUT2D eigenvalue weighted by atomic mass is 10.0. The zero-order valence-corrected chi connectivity index (χ0v) is 20.1. The van der Waals surface area contributed by atoms with Crippen molar-refractivity contribution in [3.63, 3.8) is 0 Å². The maximum atomic E-state index is 13.4. The van der Waals surface area contributed by atoms with Crippen molar-refractivity contribution >= 4 is 34.5 Å². The van der Waals surface area contributed by atoms with E-state index in [-0.39, 0.29) is 12.6 Å². The number of carbonyl (C=O) groups is 2. The smallest absolute Gasteiger partial charge is 0.339 e. The molecule has 0 radical (unpaired) electrons. The average Bonchev–Trinajstić information content (AvgIpc) is 3.32. The van der Waals surface area contributed by atoms with E-state index < -0.39 is 5.97 Å². The van der Waals surface area contributed by atoms with Gasteiger partial charge in [0.1, 0.15) is 12.4 Å². The Hall–Kier alpha value is -4.45. The summed E-state index contributed by atoms with van der Waals surface area (Å²) in [5.74, 6) is 0.0153. The zero-order valence-electron chi connectivity index (χ0n) is 20.1. The summed E-state index contributed by atoms with van der Waals surface area (Å²) in [7, 11) is 2.99. The quantitative estimate of drug-likeness (QED) is 0.322. The number of ether oxygens (including phenoxy) is 3. The van der Waals surface area contributed by atoms with Gasteiger partial charge in [-0.1, -0.05) is 42.5 Å². The van der Waals surface area contributed by atoms with Gasteiger partial charge >= 0.3 is 11.9 Å². The molecule has 36 heavy (non-hydrogen) atoms. The summed E-state index contributed by atoms with van der Waals surface area (Å²) in [6, 6.07) is 22.3. The zero-order chi connectivity index (χ0) is 25.1. The number of benzene rings is 3. The summed E-state index contributed by atoms with van der Waals surface area (Å²) in [5.41, 5.74) is 6.46. The fourth-order valence-electron chi connectivity index (χ4n) is 4.49. The number of hydrogen-bond acceptors (Lipinski definition) is 6. The maximum absolute atomic E-state index is 13.4. The Morgan fingerprint density at radius 1 is 0.889 bits per heavy atom. The van der Waals surface area contributed by atoms with Crippen LogP contribution >= 0.6 is 0 Å². The molecule has 0 unspecified atom stereocenters. The number of nitrogens with zero attached hydrogens (tertiary/aromatic N) is 1. The number of allylic oxidation sites excluding steroid dienone is 1. The van der Waals surface area contributed by atoms with Gasteiger partial charge < -0.3 is 14.2 Å². The Morgan fingerprint density at radius 3 is 2.36 bits per heavy atom. The number of para-hydroxylation sites is 1. The Morgan fingerprint density at radius 2 is 1.64 bits per heavy atom. The molecule has 0 amide bonds. The third-order valence-corrected chi connectivity index (χ3v) is 6.35. The molecule has 0 aliphatic heterocycles. The van der Waals surface area contributed by atoms with Crippen LogP contribution in [-0.2, 0) is 22.5 Å². The van der Waals surface area contributed by atoms with Crippen LogP contribution in [0.5, 0.6) is 5.75 Å². The fourth-order valence-corrected chi connectivity index (χ4v) is 4.49. The molecule has 0 bridgehead atoms. The molecule has 180 valence electrons. The number of aromatic nitrogens is 1.